The van der Waals surface area contributed by atoms with Crippen LogP contribution in [-0.4, -0.2) is 41.0 Å². The van der Waals surface area contributed by atoms with E-state index < -0.39 is 0 Å². The number of para-hydroxylation sites is 2. The van der Waals surface area contributed by atoms with Gasteiger partial charge in [-0.1, -0.05) is 36.4 Å². The van der Waals surface area contributed by atoms with Crippen LogP contribution in [0.1, 0.15) is 25.0 Å². The molecule has 0 atom stereocenters. The zero-order valence-electron chi connectivity index (χ0n) is 15.0. The van der Waals surface area contributed by atoms with Crippen LogP contribution in [0.4, 0.5) is 0 Å². The summed E-state index contributed by atoms with van der Waals surface area (Å²) in [5.74, 6) is 0.614. The van der Waals surface area contributed by atoms with E-state index in [1.807, 2.05) is 50.2 Å². The lowest BCUT2D eigenvalue weighted by atomic mass is 10.2. The smallest absolute Gasteiger partial charge is 0.120 e. The lowest BCUT2D eigenvalue weighted by molar-refractivity contribution is -0.0100. The summed E-state index contributed by atoms with van der Waals surface area (Å²) in [6.45, 7) is 7.28. The molecule has 2 rings (SSSR count). The number of phenols is 2. The van der Waals surface area contributed by atoms with Crippen molar-refractivity contribution in [3.8, 4) is 11.5 Å². The second kappa shape index (κ2) is 10.0. The monoisotopic (exact) mass is 344 g/mol. The number of aromatic hydroxyl groups is 2. The molecular formula is C20H28N2O3. The summed E-state index contributed by atoms with van der Waals surface area (Å²) in [5, 5.41) is 23.1. The molecule has 3 N–H and O–H groups in total. The van der Waals surface area contributed by atoms with Gasteiger partial charge >= 0.3 is 0 Å². The lowest BCUT2D eigenvalue weighted by Gasteiger charge is -2.24. The van der Waals surface area contributed by atoms with Gasteiger partial charge in [-0.25, -0.2) is 0 Å². The Labute approximate surface area is 149 Å². The molecule has 0 aliphatic rings. The molecule has 2 aromatic rings. The highest BCUT2D eigenvalue weighted by Gasteiger charge is 2.10. The van der Waals surface area contributed by atoms with E-state index in [2.05, 4.69) is 10.2 Å². The fraction of sp³-hybridized carbons (Fsp3) is 0.400. The van der Waals surface area contributed by atoms with Crippen LogP contribution in [0.5, 0.6) is 11.5 Å². The molecular weight excluding hydrogens is 316 g/mol. The highest BCUT2D eigenvalue weighted by molar-refractivity contribution is 5.32. The van der Waals surface area contributed by atoms with Gasteiger partial charge in [0.2, 0.25) is 0 Å². The third-order valence-corrected chi connectivity index (χ3v) is 3.89. The first-order valence-corrected chi connectivity index (χ1v) is 8.64. The largest absolute Gasteiger partial charge is 0.508 e. The maximum absolute atomic E-state index is 9.98. The van der Waals surface area contributed by atoms with Crippen molar-refractivity contribution in [2.75, 3.05) is 19.8 Å². The fourth-order valence-corrected chi connectivity index (χ4v) is 2.45. The van der Waals surface area contributed by atoms with Crippen LogP contribution in [0.15, 0.2) is 48.5 Å². The van der Waals surface area contributed by atoms with Crippen LogP contribution in [0.25, 0.3) is 0 Å². The second-order valence-corrected chi connectivity index (χ2v) is 6.33. The Morgan fingerprint density at radius 1 is 0.960 bits per heavy atom. The van der Waals surface area contributed by atoms with E-state index in [0.717, 1.165) is 24.2 Å². The summed E-state index contributed by atoms with van der Waals surface area (Å²) < 4.78 is 5.73. The van der Waals surface area contributed by atoms with Crippen LogP contribution in [0, 0.1) is 0 Å². The van der Waals surface area contributed by atoms with Gasteiger partial charge in [-0.15, -0.1) is 0 Å². The second-order valence-electron chi connectivity index (χ2n) is 6.33. The van der Waals surface area contributed by atoms with E-state index in [1.54, 1.807) is 12.1 Å². The number of hydrogen-bond donors (Lipinski definition) is 3. The minimum absolute atomic E-state index is 0.154. The molecule has 0 aromatic heterocycles. The van der Waals surface area contributed by atoms with Crippen molar-refractivity contribution in [1.29, 1.82) is 0 Å². The first-order valence-electron chi connectivity index (χ1n) is 8.64. The number of phenolic OH excluding ortho intramolecular Hbond substituents is 2. The van der Waals surface area contributed by atoms with Crippen LogP contribution in [0.3, 0.4) is 0 Å². The molecule has 0 aliphatic heterocycles. The van der Waals surface area contributed by atoms with Gasteiger partial charge in [-0.2, -0.15) is 0 Å². The maximum Gasteiger partial charge on any atom is 0.120 e. The molecule has 0 saturated carbocycles. The number of ether oxygens (including phenoxy) is 1. The van der Waals surface area contributed by atoms with E-state index >= 15 is 0 Å². The van der Waals surface area contributed by atoms with Gasteiger partial charge < -0.3 is 20.3 Å². The molecule has 0 amide bonds. The number of hydrogen-bond acceptors (Lipinski definition) is 5. The van der Waals surface area contributed by atoms with Crippen molar-refractivity contribution in [3.63, 3.8) is 0 Å². The van der Waals surface area contributed by atoms with Crippen LogP contribution in [-0.2, 0) is 17.8 Å². The Bertz CT molecular complexity index is 646. The van der Waals surface area contributed by atoms with Crippen LogP contribution in [0.2, 0.25) is 0 Å². The highest BCUT2D eigenvalue weighted by atomic mass is 16.5. The maximum atomic E-state index is 9.98. The van der Waals surface area contributed by atoms with E-state index in [-0.39, 0.29) is 6.10 Å². The lowest BCUT2D eigenvalue weighted by Crippen LogP contribution is -2.34. The molecule has 136 valence electrons. The molecule has 0 heterocycles. The Hall–Kier alpha value is -2.08. The standard InChI is InChI=1S/C20H28N2O3/c1-16(2)25-15-22(14-18-8-4-6-10-20(18)24)12-11-21-13-17-7-3-5-9-19(17)23/h3-10,16,21,23-24H,11-15H2,1-2H3. The number of nitrogens with zero attached hydrogens (tertiary/aromatic N) is 1. The molecule has 0 saturated heterocycles. The summed E-state index contributed by atoms with van der Waals surface area (Å²) in [6, 6.07) is 14.7. The molecule has 0 radical (unpaired) electrons. The Morgan fingerprint density at radius 3 is 2.16 bits per heavy atom. The van der Waals surface area contributed by atoms with Crippen molar-refractivity contribution < 1.29 is 14.9 Å². The molecule has 0 bridgehead atoms. The Morgan fingerprint density at radius 2 is 1.56 bits per heavy atom. The van der Waals surface area contributed by atoms with Gasteiger partial charge in [0.15, 0.2) is 0 Å². The predicted molar refractivity (Wildman–Crippen MR) is 99.4 cm³/mol. The number of rotatable bonds is 10. The zero-order chi connectivity index (χ0) is 18.1. The first kappa shape index (κ1) is 19.2. The minimum Gasteiger partial charge on any atom is -0.508 e. The normalized spacial score (nSPS) is 11.4. The summed E-state index contributed by atoms with van der Waals surface area (Å²) in [6.07, 6.45) is 0.154. The molecule has 5 heteroatoms. The Balaban J connectivity index is 1.85. The molecule has 0 spiro atoms. The Kier molecular flexibility index (Phi) is 7.73. The average Bonchev–Trinajstić information content (AvgIpc) is 2.59. The predicted octanol–water partition coefficient (Wildman–Crippen LogP) is 3.07. The first-order chi connectivity index (χ1) is 12.1. The summed E-state index contributed by atoms with van der Waals surface area (Å²) in [7, 11) is 0. The third kappa shape index (κ3) is 6.74. The van der Waals surface area contributed by atoms with Gasteiger partial charge in [0.25, 0.3) is 0 Å². The molecule has 0 fully saturated rings. The number of nitrogens with one attached hydrogen (secondary N) is 1. The summed E-state index contributed by atoms with van der Waals surface area (Å²) >= 11 is 0. The van der Waals surface area contributed by atoms with E-state index in [1.165, 1.54) is 0 Å². The summed E-state index contributed by atoms with van der Waals surface area (Å²) in [4.78, 5) is 2.15. The average molecular weight is 344 g/mol. The van der Waals surface area contributed by atoms with Crippen molar-refractivity contribution in [3.05, 3.63) is 59.7 Å². The molecule has 5 nitrogen and oxygen atoms in total. The van der Waals surface area contributed by atoms with Crippen molar-refractivity contribution in [1.82, 2.24) is 10.2 Å². The van der Waals surface area contributed by atoms with Gasteiger partial charge in [0, 0.05) is 37.3 Å². The van der Waals surface area contributed by atoms with E-state index in [0.29, 0.717) is 31.3 Å². The van der Waals surface area contributed by atoms with Gasteiger partial charge in [-0.3, -0.25) is 4.90 Å². The van der Waals surface area contributed by atoms with Gasteiger partial charge in [-0.05, 0) is 26.0 Å². The molecule has 2 aromatic carbocycles. The minimum atomic E-state index is 0.154. The van der Waals surface area contributed by atoms with E-state index in [4.69, 9.17) is 4.74 Å². The zero-order valence-corrected chi connectivity index (χ0v) is 15.0. The molecule has 25 heavy (non-hydrogen) atoms. The van der Waals surface area contributed by atoms with Gasteiger partial charge in [0.1, 0.15) is 11.5 Å². The van der Waals surface area contributed by atoms with Crippen LogP contribution < -0.4 is 5.32 Å². The summed E-state index contributed by atoms with van der Waals surface area (Å²) in [5.41, 5.74) is 1.77. The molecule has 0 unspecified atom stereocenters. The SMILES string of the molecule is CC(C)OCN(CCNCc1ccccc1O)Cc1ccccc1O. The highest BCUT2D eigenvalue weighted by Crippen LogP contribution is 2.18. The van der Waals surface area contributed by atoms with Crippen LogP contribution >= 0.6 is 0 Å². The molecule has 0 aliphatic carbocycles. The van der Waals surface area contributed by atoms with E-state index in [9.17, 15) is 10.2 Å². The fourth-order valence-electron chi connectivity index (χ4n) is 2.45. The quantitative estimate of drug-likeness (QED) is 0.457. The van der Waals surface area contributed by atoms with Gasteiger partial charge in [0.05, 0.1) is 12.8 Å². The van der Waals surface area contributed by atoms with Crippen molar-refractivity contribution in [2.24, 2.45) is 0 Å². The topological polar surface area (TPSA) is 65.0 Å². The van der Waals surface area contributed by atoms with Crippen molar-refractivity contribution in [2.45, 2.75) is 33.0 Å². The third-order valence-electron chi connectivity index (χ3n) is 3.89. The number of benzene rings is 2. The van der Waals surface area contributed by atoms with Crippen molar-refractivity contribution >= 4 is 0 Å².